The molecule has 0 saturated heterocycles. The van der Waals surface area contributed by atoms with E-state index in [0.717, 1.165) is 9.99 Å². The van der Waals surface area contributed by atoms with E-state index in [1.807, 2.05) is 31.2 Å². The first-order chi connectivity index (χ1) is 6.69. The molecule has 0 heterocycles. The number of methoxy groups -OCH3 is 1. The fraction of sp³-hybridized carbons (Fsp3) is 0.364. The Hall–Kier alpha value is -0.580. The van der Waals surface area contributed by atoms with Crippen molar-refractivity contribution in [1.29, 1.82) is 0 Å². The van der Waals surface area contributed by atoms with Crippen LogP contribution in [-0.4, -0.2) is 13.1 Å². The molecule has 14 heavy (non-hydrogen) atoms. The van der Waals surface area contributed by atoms with Crippen LogP contribution in [0, 0.1) is 0 Å². The van der Waals surface area contributed by atoms with E-state index in [2.05, 4.69) is 27.3 Å². The van der Waals surface area contributed by atoms with Crippen LogP contribution >= 0.6 is 22.6 Å². The molecule has 0 amide bonds. The second-order valence-corrected chi connectivity index (χ2v) is 3.88. The lowest BCUT2D eigenvalue weighted by molar-refractivity contribution is -0.141. The topological polar surface area (TPSA) is 26.3 Å². The Balaban J connectivity index is 2.81. The van der Waals surface area contributed by atoms with Gasteiger partial charge in [-0.15, -0.1) is 0 Å². The third-order valence-corrected chi connectivity index (χ3v) is 3.07. The first kappa shape index (κ1) is 11.5. The van der Waals surface area contributed by atoms with E-state index < -0.39 is 0 Å². The molecule has 76 valence electrons. The summed E-state index contributed by atoms with van der Waals surface area (Å²) in [5.41, 5.74) is 2.27. The molecule has 1 unspecified atom stereocenters. The van der Waals surface area contributed by atoms with E-state index in [4.69, 9.17) is 0 Å². The maximum atomic E-state index is 11.2. The van der Waals surface area contributed by atoms with Crippen molar-refractivity contribution in [2.45, 2.75) is 17.3 Å². The highest BCUT2D eigenvalue weighted by Gasteiger charge is 2.14. The van der Waals surface area contributed by atoms with Gasteiger partial charge in [-0.2, -0.15) is 0 Å². The van der Waals surface area contributed by atoms with Gasteiger partial charge in [0.15, 0.2) is 0 Å². The quantitative estimate of drug-likeness (QED) is 0.487. The minimum Gasteiger partial charge on any atom is -0.469 e. The maximum absolute atomic E-state index is 11.2. The lowest BCUT2D eigenvalue weighted by Crippen LogP contribution is -2.10. The molecule has 1 aromatic carbocycles. The van der Waals surface area contributed by atoms with Crippen molar-refractivity contribution in [3.05, 3.63) is 35.4 Å². The third-order valence-electron chi connectivity index (χ3n) is 2.19. The number of esters is 1. The zero-order chi connectivity index (χ0) is 10.6. The van der Waals surface area contributed by atoms with E-state index >= 15 is 0 Å². The van der Waals surface area contributed by atoms with E-state index in [-0.39, 0.29) is 11.9 Å². The zero-order valence-electron chi connectivity index (χ0n) is 8.29. The average Bonchev–Trinajstić information content (AvgIpc) is 2.27. The average molecular weight is 304 g/mol. The summed E-state index contributed by atoms with van der Waals surface area (Å²) in [4.78, 5) is 11.2. The van der Waals surface area contributed by atoms with Gasteiger partial charge in [0.1, 0.15) is 0 Å². The third kappa shape index (κ3) is 2.70. The minimum atomic E-state index is -0.188. The Bertz CT molecular complexity index is 306. The van der Waals surface area contributed by atoms with Crippen molar-refractivity contribution in [1.82, 2.24) is 0 Å². The number of carbonyl (C=O) groups excluding carboxylic acids is 1. The van der Waals surface area contributed by atoms with Gasteiger partial charge in [0.05, 0.1) is 13.0 Å². The molecule has 3 heteroatoms. The number of ether oxygens (including phenoxy) is 1. The van der Waals surface area contributed by atoms with Gasteiger partial charge < -0.3 is 4.74 Å². The summed E-state index contributed by atoms with van der Waals surface area (Å²) in [6.07, 6.45) is 0. The molecule has 0 saturated carbocycles. The predicted molar refractivity (Wildman–Crippen MR) is 64.6 cm³/mol. The molecule has 0 aliphatic heterocycles. The fourth-order valence-electron chi connectivity index (χ4n) is 1.21. The smallest absolute Gasteiger partial charge is 0.312 e. The van der Waals surface area contributed by atoms with Crippen LogP contribution in [0.5, 0.6) is 0 Å². The van der Waals surface area contributed by atoms with Crippen molar-refractivity contribution in [3.8, 4) is 0 Å². The molecule has 1 rings (SSSR count). The van der Waals surface area contributed by atoms with Crippen LogP contribution in [0.3, 0.4) is 0 Å². The summed E-state index contributed by atoms with van der Waals surface area (Å²) >= 11 is 2.31. The SMILES string of the molecule is COC(=O)C(C)c1ccc(CI)cc1. The molecule has 0 aliphatic rings. The van der Waals surface area contributed by atoms with Gasteiger partial charge in [-0.1, -0.05) is 46.9 Å². The molecule has 0 aromatic heterocycles. The molecule has 0 spiro atoms. The first-order valence-corrected chi connectivity index (χ1v) is 5.94. The second kappa shape index (κ2) is 5.34. The largest absolute Gasteiger partial charge is 0.469 e. The number of benzene rings is 1. The molecule has 0 N–H and O–H groups in total. The van der Waals surface area contributed by atoms with Gasteiger partial charge in [0.2, 0.25) is 0 Å². The van der Waals surface area contributed by atoms with Crippen molar-refractivity contribution < 1.29 is 9.53 Å². The van der Waals surface area contributed by atoms with Crippen LogP contribution in [0.1, 0.15) is 24.0 Å². The minimum absolute atomic E-state index is 0.178. The highest BCUT2D eigenvalue weighted by atomic mass is 127. The van der Waals surface area contributed by atoms with Crippen LogP contribution in [0.4, 0.5) is 0 Å². The number of rotatable bonds is 3. The van der Waals surface area contributed by atoms with E-state index in [1.54, 1.807) is 0 Å². The summed E-state index contributed by atoms with van der Waals surface area (Å²) in [5, 5.41) is 0. The Morgan fingerprint density at radius 2 is 2.00 bits per heavy atom. The van der Waals surface area contributed by atoms with Crippen molar-refractivity contribution in [2.75, 3.05) is 7.11 Å². The number of carbonyl (C=O) groups is 1. The molecular weight excluding hydrogens is 291 g/mol. The van der Waals surface area contributed by atoms with Gasteiger partial charge in [-0.05, 0) is 18.1 Å². The molecule has 1 atom stereocenters. The molecule has 0 fully saturated rings. The zero-order valence-corrected chi connectivity index (χ0v) is 10.4. The van der Waals surface area contributed by atoms with Crippen molar-refractivity contribution in [2.24, 2.45) is 0 Å². The van der Waals surface area contributed by atoms with E-state index in [1.165, 1.54) is 12.7 Å². The number of hydrogen-bond donors (Lipinski definition) is 0. The van der Waals surface area contributed by atoms with Gasteiger partial charge in [-0.25, -0.2) is 0 Å². The molecule has 2 nitrogen and oxygen atoms in total. The monoisotopic (exact) mass is 304 g/mol. The predicted octanol–water partition coefficient (Wildman–Crippen LogP) is 2.90. The summed E-state index contributed by atoms with van der Waals surface area (Å²) < 4.78 is 5.67. The summed E-state index contributed by atoms with van der Waals surface area (Å²) in [7, 11) is 1.41. The second-order valence-electron chi connectivity index (χ2n) is 3.12. The molecular formula is C11H13IO2. The summed E-state index contributed by atoms with van der Waals surface area (Å²) in [5.74, 6) is -0.365. The normalized spacial score (nSPS) is 12.2. The first-order valence-electron chi connectivity index (χ1n) is 4.41. The summed E-state index contributed by atoms with van der Waals surface area (Å²) in [6, 6.07) is 8.05. The van der Waals surface area contributed by atoms with Gasteiger partial charge in [0.25, 0.3) is 0 Å². The standard InChI is InChI=1S/C11H13IO2/c1-8(11(13)14-2)10-5-3-9(7-12)4-6-10/h3-6,8H,7H2,1-2H3. The molecule has 0 bridgehead atoms. The summed E-state index contributed by atoms with van der Waals surface area (Å²) in [6.45, 7) is 1.85. The lowest BCUT2D eigenvalue weighted by Gasteiger charge is -2.09. The van der Waals surface area contributed by atoms with Crippen LogP contribution < -0.4 is 0 Å². The Labute approximate surface area is 97.8 Å². The highest BCUT2D eigenvalue weighted by molar-refractivity contribution is 14.1. The number of alkyl halides is 1. The van der Waals surface area contributed by atoms with E-state index in [9.17, 15) is 4.79 Å². The van der Waals surface area contributed by atoms with Crippen LogP contribution in [-0.2, 0) is 14.0 Å². The number of hydrogen-bond acceptors (Lipinski definition) is 2. The fourth-order valence-corrected chi connectivity index (χ4v) is 1.72. The molecule has 1 aromatic rings. The van der Waals surface area contributed by atoms with Gasteiger partial charge >= 0.3 is 5.97 Å². The van der Waals surface area contributed by atoms with Crippen LogP contribution in [0.25, 0.3) is 0 Å². The Morgan fingerprint density at radius 1 is 1.43 bits per heavy atom. The van der Waals surface area contributed by atoms with E-state index in [0.29, 0.717) is 0 Å². The Kier molecular flexibility index (Phi) is 4.38. The molecule has 0 radical (unpaired) electrons. The number of halogens is 1. The van der Waals surface area contributed by atoms with Crippen molar-refractivity contribution >= 4 is 28.6 Å². The van der Waals surface area contributed by atoms with Gasteiger partial charge in [-0.3, -0.25) is 4.79 Å². The van der Waals surface area contributed by atoms with Gasteiger partial charge in [0, 0.05) is 4.43 Å². The Morgan fingerprint density at radius 3 is 2.43 bits per heavy atom. The maximum Gasteiger partial charge on any atom is 0.312 e. The van der Waals surface area contributed by atoms with Crippen molar-refractivity contribution in [3.63, 3.8) is 0 Å². The molecule has 0 aliphatic carbocycles. The highest BCUT2D eigenvalue weighted by Crippen LogP contribution is 2.18. The van der Waals surface area contributed by atoms with Crippen LogP contribution in [0.2, 0.25) is 0 Å². The van der Waals surface area contributed by atoms with Crippen LogP contribution in [0.15, 0.2) is 24.3 Å². The lowest BCUT2D eigenvalue weighted by atomic mass is 10.0.